The maximum Gasteiger partial charge on any atom is 0.0713 e. The lowest BCUT2D eigenvalue weighted by atomic mass is 9.67. The molecule has 0 heteroatoms. The molecule has 0 radical (unpaired) electrons. The van der Waals surface area contributed by atoms with Gasteiger partial charge in [-0.05, 0) is 128 Å². The molecule has 0 spiro atoms. The number of rotatable bonds is 8. The van der Waals surface area contributed by atoms with Crippen LogP contribution in [0.15, 0.2) is 267 Å². The summed E-state index contributed by atoms with van der Waals surface area (Å²) in [5.74, 6) is 0. The van der Waals surface area contributed by atoms with Crippen LogP contribution in [0.4, 0.5) is 0 Å². The standard InChI is InChI=1S/C44H34.C27H22/c1-31-23-27-37(28-24-31)43-39(33-15-7-3-8-16-33)41(35-19-11-5-12-20-35)44(38-29-25-32(2)26-30-38)42(36-21-13-6-14-22-36)40(43)34-17-9-4-10-18-34;1-19-11-15-21(16-12-19)27(22-17-13-20(2)14-18-22)25-9-5-3-7-23(25)24-8-4-6-10-26(24)27/h3-30H,1-2H3;3-18H,1-2H3. The van der Waals surface area contributed by atoms with Crippen molar-refractivity contribution in [3.8, 4) is 77.9 Å². The van der Waals surface area contributed by atoms with E-state index >= 15 is 0 Å². The smallest absolute Gasteiger partial charge is 0.0622 e. The van der Waals surface area contributed by atoms with E-state index in [2.05, 4.69) is 295 Å². The molecule has 11 aromatic rings. The Balaban J connectivity index is 0.000000173. The minimum absolute atomic E-state index is 0.269. The molecule has 0 N–H and O–H groups in total. The third kappa shape index (κ3) is 8.32. The van der Waals surface area contributed by atoms with Gasteiger partial charge in [0, 0.05) is 0 Å². The average Bonchev–Trinajstić information content (AvgIpc) is 3.73. The summed E-state index contributed by atoms with van der Waals surface area (Å²) in [7, 11) is 0. The van der Waals surface area contributed by atoms with Gasteiger partial charge >= 0.3 is 0 Å². The van der Waals surface area contributed by atoms with Crippen molar-refractivity contribution >= 4 is 0 Å². The Morgan fingerprint density at radius 2 is 0.408 bits per heavy atom. The van der Waals surface area contributed by atoms with Gasteiger partial charge in [-0.3, -0.25) is 0 Å². The summed E-state index contributed by atoms with van der Waals surface area (Å²) in [6, 6.07) is 97.7. The highest BCUT2D eigenvalue weighted by molar-refractivity contribution is 6.15. The van der Waals surface area contributed by atoms with Gasteiger partial charge in [0.1, 0.15) is 0 Å². The summed E-state index contributed by atoms with van der Waals surface area (Å²) in [5, 5.41) is 0. The molecule has 71 heavy (non-hydrogen) atoms. The van der Waals surface area contributed by atoms with E-state index in [0.717, 1.165) is 0 Å². The van der Waals surface area contributed by atoms with E-state index in [1.165, 1.54) is 122 Å². The summed E-state index contributed by atoms with van der Waals surface area (Å²) in [6.45, 7) is 8.62. The maximum atomic E-state index is 2.30. The fourth-order valence-electron chi connectivity index (χ4n) is 11.0. The van der Waals surface area contributed by atoms with Crippen LogP contribution in [-0.2, 0) is 5.41 Å². The quantitative estimate of drug-likeness (QED) is 0.143. The zero-order valence-corrected chi connectivity index (χ0v) is 40.9. The third-order valence-corrected chi connectivity index (χ3v) is 14.4. The lowest BCUT2D eigenvalue weighted by Gasteiger charge is -2.34. The monoisotopic (exact) mass is 908 g/mol. The second-order valence-corrected chi connectivity index (χ2v) is 19.0. The van der Waals surface area contributed by atoms with Crippen molar-refractivity contribution < 1.29 is 0 Å². The SMILES string of the molecule is Cc1ccc(-c2c(-c3ccccc3)c(-c3ccccc3)c(-c3ccc(C)cc3)c(-c3ccccc3)c2-c2ccccc2)cc1.Cc1ccc(C2(c3ccc(C)cc3)c3ccccc3-c3ccccc32)cc1. The Bertz CT molecular complexity index is 3240. The lowest BCUT2D eigenvalue weighted by Crippen LogP contribution is -2.28. The van der Waals surface area contributed by atoms with Crippen LogP contribution >= 0.6 is 0 Å². The minimum Gasteiger partial charge on any atom is -0.0622 e. The number of hydrogen-bond donors (Lipinski definition) is 0. The van der Waals surface area contributed by atoms with Crippen molar-refractivity contribution in [2.75, 3.05) is 0 Å². The van der Waals surface area contributed by atoms with Gasteiger partial charge in [0.25, 0.3) is 0 Å². The minimum atomic E-state index is -0.269. The maximum absolute atomic E-state index is 2.30. The van der Waals surface area contributed by atoms with Crippen LogP contribution in [0.5, 0.6) is 0 Å². The van der Waals surface area contributed by atoms with Crippen LogP contribution in [0, 0.1) is 27.7 Å². The molecule has 0 fully saturated rings. The molecule has 0 aliphatic heterocycles. The van der Waals surface area contributed by atoms with Crippen molar-refractivity contribution in [3.63, 3.8) is 0 Å². The Morgan fingerprint density at radius 3 is 0.676 bits per heavy atom. The van der Waals surface area contributed by atoms with Crippen molar-refractivity contribution in [1.29, 1.82) is 0 Å². The second kappa shape index (κ2) is 19.4. The van der Waals surface area contributed by atoms with E-state index in [-0.39, 0.29) is 5.41 Å². The molecule has 12 rings (SSSR count). The summed E-state index contributed by atoms with van der Waals surface area (Å²) in [4.78, 5) is 0. The number of benzene rings is 11. The third-order valence-electron chi connectivity index (χ3n) is 14.4. The van der Waals surface area contributed by atoms with Crippen LogP contribution in [0.2, 0.25) is 0 Å². The topological polar surface area (TPSA) is 0 Å². The molecular formula is C71H56. The normalized spacial score (nSPS) is 12.1. The van der Waals surface area contributed by atoms with Gasteiger partial charge in [0.15, 0.2) is 0 Å². The molecule has 0 heterocycles. The zero-order valence-electron chi connectivity index (χ0n) is 40.9. The Kier molecular flexibility index (Phi) is 12.3. The Labute approximate surface area is 420 Å². The molecule has 0 amide bonds. The Hall–Kier alpha value is -8.58. The van der Waals surface area contributed by atoms with Crippen LogP contribution in [0.3, 0.4) is 0 Å². The molecule has 0 saturated carbocycles. The van der Waals surface area contributed by atoms with E-state index < -0.39 is 0 Å². The van der Waals surface area contributed by atoms with E-state index in [0.29, 0.717) is 0 Å². The predicted molar refractivity (Wildman–Crippen MR) is 302 cm³/mol. The second-order valence-electron chi connectivity index (χ2n) is 19.0. The van der Waals surface area contributed by atoms with Crippen molar-refractivity contribution in [1.82, 2.24) is 0 Å². The fourth-order valence-corrected chi connectivity index (χ4v) is 11.0. The summed E-state index contributed by atoms with van der Waals surface area (Å²) in [5.41, 5.74) is 27.6. The van der Waals surface area contributed by atoms with Crippen LogP contribution in [0.25, 0.3) is 77.9 Å². The van der Waals surface area contributed by atoms with Crippen LogP contribution in [0.1, 0.15) is 44.5 Å². The molecule has 340 valence electrons. The van der Waals surface area contributed by atoms with Gasteiger partial charge in [0.05, 0.1) is 5.41 Å². The first-order chi connectivity index (χ1) is 34.9. The van der Waals surface area contributed by atoms with Gasteiger partial charge in [0.2, 0.25) is 0 Å². The number of aryl methyl sites for hydroxylation is 4. The highest BCUT2D eigenvalue weighted by Crippen LogP contribution is 2.57. The fraction of sp³-hybridized carbons (Fsp3) is 0.0704. The van der Waals surface area contributed by atoms with E-state index in [1.807, 2.05) is 0 Å². The van der Waals surface area contributed by atoms with Crippen LogP contribution in [-0.4, -0.2) is 0 Å². The molecule has 0 atom stereocenters. The van der Waals surface area contributed by atoms with E-state index in [9.17, 15) is 0 Å². The molecule has 0 saturated heterocycles. The van der Waals surface area contributed by atoms with Gasteiger partial charge in [-0.15, -0.1) is 0 Å². The summed E-state index contributed by atoms with van der Waals surface area (Å²) < 4.78 is 0. The first kappa shape index (κ1) is 44.9. The van der Waals surface area contributed by atoms with Crippen molar-refractivity contribution in [2.45, 2.75) is 33.1 Å². The molecule has 0 aromatic heterocycles. The lowest BCUT2D eigenvalue weighted by molar-refractivity contribution is 0.767. The van der Waals surface area contributed by atoms with Gasteiger partial charge in [-0.25, -0.2) is 0 Å². The Morgan fingerprint density at radius 1 is 0.197 bits per heavy atom. The molecule has 0 bridgehead atoms. The molecule has 1 aliphatic carbocycles. The van der Waals surface area contributed by atoms with E-state index in [1.54, 1.807) is 0 Å². The van der Waals surface area contributed by atoms with Gasteiger partial charge < -0.3 is 0 Å². The van der Waals surface area contributed by atoms with Gasteiger partial charge in [-0.2, -0.15) is 0 Å². The van der Waals surface area contributed by atoms with Gasteiger partial charge in [-0.1, -0.05) is 289 Å². The van der Waals surface area contributed by atoms with Crippen molar-refractivity contribution in [3.05, 3.63) is 311 Å². The number of hydrogen-bond acceptors (Lipinski definition) is 0. The van der Waals surface area contributed by atoms with E-state index in [4.69, 9.17) is 0 Å². The summed E-state index contributed by atoms with van der Waals surface area (Å²) in [6.07, 6.45) is 0. The first-order valence-corrected chi connectivity index (χ1v) is 24.8. The average molecular weight is 909 g/mol. The number of fused-ring (bicyclic) bond motifs is 3. The van der Waals surface area contributed by atoms with Crippen molar-refractivity contribution in [2.24, 2.45) is 0 Å². The highest BCUT2D eigenvalue weighted by atomic mass is 14.5. The highest BCUT2D eigenvalue weighted by Gasteiger charge is 2.45. The molecular weight excluding hydrogens is 853 g/mol. The molecule has 1 aliphatic rings. The van der Waals surface area contributed by atoms with Crippen LogP contribution < -0.4 is 0 Å². The molecule has 11 aromatic carbocycles. The predicted octanol–water partition coefficient (Wildman–Crippen LogP) is 19.0. The molecule has 0 nitrogen and oxygen atoms in total. The zero-order chi connectivity index (χ0) is 48.3. The molecule has 0 unspecified atom stereocenters. The largest absolute Gasteiger partial charge is 0.0713 e. The summed E-state index contributed by atoms with van der Waals surface area (Å²) >= 11 is 0. The first-order valence-electron chi connectivity index (χ1n) is 24.8.